The third-order valence-electron chi connectivity index (χ3n) is 2.27. The summed E-state index contributed by atoms with van der Waals surface area (Å²) in [5, 5.41) is 9.60. The minimum absolute atomic E-state index is 0.176. The molecule has 102 valence electrons. The van der Waals surface area contributed by atoms with Gasteiger partial charge in [0.15, 0.2) is 0 Å². The lowest BCUT2D eigenvalue weighted by molar-refractivity contribution is -0.154. The summed E-state index contributed by atoms with van der Waals surface area (Å²) in [5.74, 6) is 0.570. The zero-order chi connectivity index (χ0) is 13.8. The molecule has 0 radical (unpaired) electrons. The molecule has 1 aromatic rings. The number of hydrogen-bond acceptors (Lipinski definition) is 2. The normalized spacial score (nSPS) is 13.7. The zero-order valence-corrected chi connectivity index (χ0v) is 10.4. The first-order valence-electron chi connectivity index (χ1n) is 5.76. The van der Waals surface area contributed by atoms with Gasteiger partial charge in [-0.15, -0.1) is 0 Å². The molecule has 18 heavy (non-hydrogen) atoms. The van der Waals surface area contributed by atoms with Crippen molar-refractivity contribution in [1.29, 1.82) is 0 Å². The van der Waals surface area contributed by atoms with Crippen LogP contribution in [0.1, 0.15) is 31.9 Å². The molecule has 0 spiro atoms. The van der Waals surface area contributed by atoms with E-state index < -0.39 is 18.7 Å². The SMILES string of the molecule is CC(C)COc1ccccc1C(O)CC(F)(F)F. The standard InChI is InChI=1S/C13H17F3O2/c1-9(2)8-18-12-6-4-3-5-10(12)11(17)7-13(14,15)16/h3-6,9,11,17H,7-8H2,1-2H3. The van der Waals surface area contributed by atoms with Crippen LogP contribution in [0.25, 0.3) is 0 Å². The molecule has 1 rings (SSSR count). The van der Waals surface area contributed by atoms with Crippen LogP contribution in [0.4, 0.5) is 13.2 Å². The molecule has 0 aliphatic rings. The highest BCUT2D eigenvalue weighted by Crippen LogP contribution is 2.33. The van der Waals surface area contributed by atoms with Crippen LogP contribution in [-0.2, 0) is 0 Å². The topological polar surface area (TPSA) is 29.5 Å². The number of rotatable bonds is 5. The maximum Gasteiger partial charge on any atom is 0.391 e. The average Bonchev–Trinajstić information content (AvgIpc) is 2.24. The highest BCUT2D eigenvalue weighted by atomic mass is 19.4. The van der Waals surface area contributed by atoms with Crippen molar-refractivity contribution in [2.75, 3.05) is 6.61 Å². The summed E-state index contributed by atoms with van der Waals surface area (Å²) in [6.07, 6.45) is -7.26. The molecule has 0 aliphatic heterocycles. The number of ether oxygens (including phenoxy) is 1. The van der Waals surface area contributed by atoms with Gasteiger partial charge in [0.2, 0.25) is 0 Å². The largest absolute Gasteiger partial charge is 0.493 e. The van der Waals surface area contributed by atoms with Gasteiger partial charge in [0.25, 0.3) is 0 Å². The molecule has 1 N–H and O–H groups in total. The van der Waals surface area contributed by atoms with Gasteiger partial charge in [-0.2, -0.15) is 13.2 Å². The van der Waals surface area contributed by atoms with E-state index in [0.717, 1.165) is 0 Å². The molecule has 0 fully saturated rings. The van der Waals surface area contributed by atoms with E-state index in [0.29, 0.717) is 12.4 Å². The van der Waals surface area contributed by atoms with E-state index in [9.17, 15) is 18.3 Å². The number of hydrogen-bond donors (Lipinski definition) is 1. The molecular weight excluding hydrogens is 245 g/mol. The van der Waals surface area contributed by atoms with Gasteiger partial charge in [-0.3, -0.25) is 0 Å². The lowest BCUT2D eigenvalue weighted by atomic mass is 10.1. The van der Waals surface area contributed by atoms with Gasteiger partial charge in [-0.1, -0.05) is 32.0 Å². The van der Waals surface area contributed by atoms with Crippen molar-refractivity contribution >= 4 is 0 Å². The Bertz CT molecular complexity index is 375. The Morgan fingerprint density at radius 1 is 1.22 bits per heavy atom. The fourth-order valence-electron chi connectivity index (χ4n) is 1.47. The van der Waals surface area contributed by atoms with E-state index in [1.807, 2.05) is 13.8 Å². The second-order valence-corrected chi connectivity index (χ2v) is 4.58. The first kappa shape index (κ1) is 14.8. The Hall–Kier alpha value is -1.23. The Labute approximate surface area is 104 Å². The van der Waals surface area contributed by atoms with Crippen molar-refractivity contribution in [1.82, 2.24) is 0 Å². The molecule has 1 aromatic carbocycles. The fourth-order valence-corrected chi connectivity index (χ4v) is 1.47. The smallest absolute Gasteiger partial charge is 0.391 e. The van der Waals surface area contributed by atoms with Gasteiger partial charge in [0, 0.05) is 5.56 Å². The molecule has 2 nitrogen and oxygen atoms in total. The van der Waals surface area contributed by atoms with Gasteiger partial charge in [0.1, 0.15) is 5.75 Å². The maximum absolute atomic E-state index is 12.2. The maximum atomic E-state index is 12.2. The van der Waals surface area contributed by atoms with Crippen LogP contribution in [-0.4, -0.2) is 17.9 Å². The number of alkyl halides is 3. The van der Waals surface area contributed by atoms with E-state index in [-0.39, 0.29) is 11.5 Å². The molecule has 0 saturated heterocycles. The Balaban J connectivity index is 2.80. The van der Waals surface area contributed by atoms with Gasteiger partial charge in [-0.25, -0.2) is 0 Å². The van der Waals surface area contributed by atoms with Crippen LogP contribution in [0, 0.1) is 5.92 Å². The Morgan fingerprint density at radius 2 is 1.83 bits per heavy atom. The van der Waals surface area contributed by atoms with E-state index in [2.05, 4.69) is 0 Å². The van der Waals surface area contributed by atoms with Crippen molar-refractivity contribution in [2.24, 2.45) is 5.92 Å². The van der Waals surface area contributed by atoms with Gasteiger partial charge in [0.05, 0.1) is 19.1 Å². The minimum Gasteiger partial charge on any atom is -0.493 e. The van der Waals surface area contributed by atoms with Gasteiger partial charge in [-0.05, 0) is 12.0 Å². The summed E-state index contributed by atoms with van der Waals surface area (Å²) in [6.45, 7) is 4.28. The third kappa shape index (κ3) is 4.96. The molecule has 5 heteroatoms. The van der Waals surface area contributed by atoms with Crippen LogP contribution in [0.3, 0.4) is 0 Å². The molecule has 0 amide bonds. The summed E-state index contributed by atoms with van der Waals surface area (Å²) in [4.78, 5) is 0. The lowest BCUT2D eigenvalue weighted by Gasteiger charge is -2.18. The number of aliphatic hydroxyl groups is 1. The zero-order valence-electron chi connectivity index (χ0n) is 10.4. The molecule has 0 saturated carbocycles. The first-order valence-corrected chi connectivity index (χ1v) is 5.76. The van der Waals surface area contributed by atoms with Crippen LogP contribution in [0.5, 0.6) is 5.75 Å². The molecule has 0 heterocycles. The number of para-hydroxylation sites is 1. The second kappa shape index (κ2) is 6.09. The van der Waals surface area contributed by atoms with Crippen molar-refractivity contribution in [3.8, 4) is 5.75 Å². The molecule has 0 aromatic heterocycles. The average molecular weight is 262 g/mol. The molecule has 1 unspecified atom stereocenters. The third-order valence-corrected chi connectivity index (χ3v) is 2.27. The second-order valence-electron chi connectivity index (χ2n) is 4.58. The van der Waals surface area contributed by atoms with Crippen molar-refractivity contribution in [2.45, 2.75) is 32.5 Å². The van der Waals surface area contributed by atoms with Crippen LogP contribution >= 0.6 is 0 Å². The van der Waals surface area contributed by atoms with E-state index >= 15 is 0 Å². The monoisotopic (exact) mass is 262 g/mol. The summed E-state index contributed by atoms with van der Waals surface area (Å²) < 4.78 is 42.1. The first-order chi connectivity index (χ1) is 8.29. The van der Waals surface area contributed by atoms with Crippen molar-refractivity contribution in [3.05, 3.63) is 29.8 Å². The van der Waals surface area contributed by atoms with Crippen LogP contribution in [0.15, 0.2) is 24.3 Å². The van der Waals surface area contributed by atoms with Crippen LogP contribution in [0.2, 0.25) is 0 Å². The van der Waals surface area contributed by atoms with E-state index in [4.69, 9.17) is 4.74 Å². The molecule has 1 atom stereocenters. The predicted molar refractivity (Wildman–Crippen MR) is 62.4 cm³/mol. The van der Waals surface area contributed by atoms with Gasteiger partial charge < -0.3 is 9.84 Å². The number of aliphatic hydroxyl groups excluding tert-OH is 1. The van der Waals surface area contributed by atoms with Gasteiger partial charge >= 0.3 is 6.18 Å². The fraction of sp³-hybridized carbons (Fsp3) is 0.538. The Kier molecular flexibility index (Phi) is 5.02. The summed E-state index contributed by atoms with van der Waals surface area (Å²) in [5.41, 5.74) is 0.176. The number of halogens is 3. The van der Waals surface area contributed by atoms with E-state index in [1.54, 1.807) is 18.2 Å². The van der Waals surface area contributed by atoms with Crippen molar-refractivity contribution < 1.29 is 23.0 Å². The minimum atomic E-state index is -4.40. The molecular formula is C13H17F3O2. The summed E-state index contributed by atoms with van der Waals surface area (Å²) >= 11 is 0. The van der Waals surface area contributed by atoms with Crippen molar-refractivity contribution in [3.63, 3.8) is 0 Å². The molecule has 0 aliphatic carbocycles. The highest BCUT2D eigenvalue weighted by Gasteiger charge is 2.32. The van der Waals surface area contributed by atoms with Crippen LogP contribution < -0.4 is 4.74 Å². The predicted octanol–water partition coefficient (Wildman–Crippen LogP) is 3.71. The quantitative estimate of drug-likeness (QED) is 0.876. The number of benzene rings is 1. The Morgan fingerprint density at radius 3 is 2.39 bits per heavy atom. The lowest BCUT2D eigenvalue weighted by Crippen LogP contribution is -2.15. The summed E-state index contributed by atoms with van der Waals surface area (Å²) in [6, 6.07) is 6.26. The van der Waals surface area contributed by atoms with E-state index in [1.165, 1.54) is 6.07 Å². The molecule has 0 bridgehead atoms. The summed E-state index contributed by atoms with van der Waals surface area (Å²) in [7, 11) is 0. The highest BCUT2D eigenvalue weighted by molar-refractivity contribution is 5.35.